The third-order valence-electron chi connectivity index (χ3n) is 4.40. The van der Waals surface area contributed by atoms with Gasteiger partial charge in [0, 0.05) is 30.6 Å². The molecule has 1 aliphatic rings. The monoisotopic (exact) mass is 387 g/mol. The van der Waals surface area contributed by atoms with Crippen molar-refractivity contribution in [1.82, 2.24) is 15.0 Å². The normalized spacial score (nSPS) is 17.1. The van der Waals surface area contributed by atoms with Gasteiger partial charge in [0.2, 0.25) is 5.91 Å². The molecule has 1 atom stereocenters. The van der Waals surface area contributed by atoms with Crippen molar-refractivity contribution < 1.29 is 18.1 Å². The zero-order chi connectivity index (χ0) is 18.8. The third-order valence-corrected chi connectivity index (χ3v) is 5.26. The fourth-order valence-electron chi connectivity index (χ4n) is 2.98. The molecule has 1 aliphatic heterocycles. The highest BCUT2D eigenvalue weighted by molar-refractivity contribution is 7.13. The van der Waals surface area contributed by atoms with E-state index in [1.54, 1.807) is 4.90 Å². The van der Waals surface area contributed by atoms with Gasteiger partial charge in [-0.2, -0.15) is 4.98 Å². The summed E-state index contributed by atoms with van der Waals surface area (Å²) in [7, 11) is 0. The molecule has 2 aromatic heterocycles. The molecule has 3 heterocycles. The first-order chi connectivity index (χ1) is 13.1. The Morgan fingerprint density at radius 1 is 1.33 bits per heavy atom. The van der Waals surface area contributed by atoms with Crippen LogP contribution in [0.5, 0.6) is 0 Å². The Labute approximate surface area is 157 Å². The molecular formula is C19H15F2N3O2S. The van der Waals surface area contributed by atoms with Gasteiger partial charge in [-0.1, -0.05) is 11.2 Å². The Morgan fingerprint density at radius 2 is 2.22 bits per heavy atom. The summed E-state index contributed by atoms with van der Waals surface area (Å²) in [4.78, 5) is 19.3. The number of amides is 1. The first-order valence-electron chi connectivity index (χ1n) is 8.39. The second kappa shape index (κ2) is 7.40. The first kappa shape index (κ1) is 17.5. The summed E-state index contributed by atoms with van der Waals surface area (Å²) in [5.74, 6) is -0.343. The largest absolute Gasteiger partial charge is 0.338 e. The second-order valence-electron chi connectivity index (χ2n) is 6.20. The maximum absolute atomic E-state index is 13.6. The first-order valence-corrected chi connectivity index (χ1v) is 9.27. The van der Waals surface area contributed by atoms with E-state index in [-0.39, 0.29) is 17.4 Å². The molecule has 1 aromatic carbocycles. The predicted molar refractivity (Wildman–Crippen MR) is 96.9 cm³/mol. The molecule has 1 fully saturated rings. The number of benzene rings is 1. The molecule has 0 radical (unpaired) electrons. The molecule has 0 aliphatic carbocycles. The molecule has 0 spiro atoms. The molecule has 4 rings (SSSR count). The van der Waals surface area contributed by atoms with E-state index >= 15 is 0 Å². The van der Waals surface area contributed by atoms with Gasteiger partial charge in [0.15, 0.2) is 5.82 Å². The summed E-state index contributed by atoms with van der Waals surface area (Å²) in [6.07, 6.45) is 3.27. The summed E-state index contributed by atoms with van der Waals surface area (Å²) < 4.78 is 32.1. The van der Waals surface area contributed by atoms with Crippen LogP contribution in [0.4, 0.5) is 8.78 Å². The zero-order valence-corrected chi connectivity index (χ0v) is 15.0. The maximum atomic E-state index is 13.6. The molecule has 0 N–H and O–H groups in total. The van der Waals surface area contributed by atoms with Crippen LogP contribution in [0, 0.1) is 11.6 Å². The minimum atomic E-state index is -0.576. The van der Waals surface area contributed by atoms with Gasteiger partial charge in [-0.15, -0.1) is 11.3 Å². The van der Waals surface area contributed by atoms with E-state index in [0.717, 1.165) is 29.5 Å². The number of carbonyl (C=O) groups excluding carboxylic acids is 1. The molecule has 0 saturated carbocycles. The number of likely N-dealkylation sites (tertiary alicyclic amines) is 1. The molecule has 5 nitrogen and oxygen atoms in total. The number of hydrogen-bond acceptors (Lipinski definition) is 5. The number of nitrogens with zero attached hydrogens (tertiary/aromatic N) is 3. The van der Waals surface area contributed by atoms with Crippen molar-refractivity contribution >= 4 is 23.3 Å². The van der Waals surface area contributed by atoms with Gasteiger partial charge in [-0.25, -0.2) is 8.78 Å². The fraction of sp³-hybridized carbons (Fsp3) is 0.211. The summed E-state index contributed by atoms with van der Waals surface area (Å²) in [6, 6.07) is 6.94. The number of carbonyl (C=O) groups is 1. The quantitative estimate of drug-likeness (QED) is 0.633. The Balaban J connectivity index is 1.41. The van der Waals surface area contributed by atoms with Gasteiger partial charge in [0.05, 0.1) is 4.88 Å². The van der Waals surface area contributed by atoms with Crippen LogP contribution in [0.2, 0.25) is 0 Å². The van der Waals surface area contributed by atoms with Crippen molar-refractivity contribution in [2.24, 2.45) is 0 Å². The Morgan fingerprint density at radius 3 is 3.04 bits per heavy atom. The highest BCUT2D eigenvalue weighted by Gasteiger charge is 2.30. The van der Waals surface area contributed by atoms with E-state index in [1.165, 1.54) is 23.5 Å². The Kier molecular flexibility index (Phi) is 4.81. The van der Waals surface area contributed by atoms with Crippen molar-refractivity contribution in [1.29, 1.82) is 0 Å². The van der Waals surface area contributed by atoms with Crippen LogP contribution in [0.15, 0.2) is 46.3 Å². The summed E-state index contributed by atoms with van der Waals surface area (Å²) >= 11 is 1.52. The smallest absolute Gasteiger partial charge is 0.267 e. The van der Waals surface area contributed by atoms with E-state index in [1.807, 2.05) is 17.5 Å². The molecule has 0 unspecified atom stereocenters. The maximum Gasteiger partial charge on any atom is 0.267 e. The highest BCUT2D eigenvalue weighted by atomic mass is 32.1. The van der Waals surface area contributed by atoms with Gasteiger partial charge in [-0.05, 0) is 42.1 Å². The van der Waals surface area contributed by atoms with E-state index in [0.29, 0.717) is 24.8 Å². The highest BCUT2D eigenvalue weighted by Crippen LogP contribution is 2.29. The lowest BCUT2D eigenvalue weighted by molar-refractivity contribution is -0.124. The van der Waals surface area contributed by atoms with Crippen LogP contribution in [-0.4, -0.2) is 34.0 Å². The number of aromatic nitrogens is 2. The standard InChI is InChI=1S/C19H15F2N3O2S/c20-14-4-5-15(21)12(10-14)3-6-17(25)24-8-7-13(11-24)18-22-19(26-23-18)16-2-1-9-27-16/h1-6,9-10,13H,7-8,11H2/b6-3-/t13-/m0/s1. The molecule has 138 valence electrons. The van der Waals surface area contributed by atoms with Crippen molar-refractivity contribution in [2.75, 3.05) is 13.1 Å². The van der Waals surface area contributed by atoms with Gasteiger partial charge < -0.3 is 9.42 Å². The lowest BCUT2D eigenvalue weighted by atomic mass is 10.1. The molecule has 3 aromatic rings. The van der Waals surface area contributed by atoms with Crippen molar-refractivity contribution in [2.45, 2.75) is 12.3 Å². The van der Waals surface area contributed by atoms with Crippen LogP contribution in [0.25, 0.3) is 16.8 Å². The molecule has 27 heavy (non-hydrogen) atoms. The van der Waals surface area contributed by atoms with Crippen molar-refractivity contribution in [3.63, 3.8) is 0 Å². The Hall–Kier alpha value is -2.87. The number of rotatable bonds is 4. The molecule has 1 saturated heterocycles. The molecular weight excluding hydrogens is 372 g/mol. The van der Waals surface area contributed by atoms with Gasteiger partial charge >= 0.3 is 0 Å². The van der Waals surface area contributed by atoms with Gasteiger partial charge in [0.1, 0.15) is 11.6 Å². The minimum absolute atomic E-state index is 0.00859. The molecule has 8 heteroatoms. The van der Waals surface area contributed by atoms with Crippen LogP contribution >= 0.6 is 11.3 Å². The number of thiophene rings is 1. The summed E-state index contributed by atoms with van der Waals surface area (Å²) in [5.41, 5.74) is 0.0397. The van der Waals surface area contributed by atoms with Crippen molar-refractivity contribution in [3.8, 4) is 10.8 Å². The third kappa shape index (κ3) is 3.80. The van der Waals surface area contributed by atoms with Crippen LogP contribution in [-0.2, 0) is 4.79 Å². The minimum Gasteiger partial charge on any atom is -0.338 e. The molecule has 0 bridgehead atoms. The van der Waals surface area contributed by atoms with Crippen LogP contribution in [0.3, 0.4) is 0 Å². The van der Waals surface area contributed by atoms with Gasteiger partial charge in [0.25, 0.3) is 5.89 Å². The number of halogens is 2. The fourth-order valence-corrected chi connectivity index (χ4v) is 3.63. The average molecular weight is 387 g/mol. The molecule has 1 amide bonds. The SMILES string of the molecule is O=C(/C=C\c1cc(F)ccc1F)N1CC[C@H](c2noc(-c3cccs3)n2)C1. The van der Waals surface area contributed by atoms with Crippen molar-refractivity contribution in [3.05, 3.63) is 64.8 Å². The lowest BCUT2D eigenvalue weighted by Crippen LogP contribution is -2.26. The predicted octanol–water partition coefficient (Wildman–Crippen LogP) is 4.11. The van der Waals surface area contributed by atoms with Crippen LogP contribution in [0.1, 0.15) is 23.7 Å². The topological polar surface area (TPSA) is 59.2 Å². The second-order valence-corrected chi connectivity index (χ2v) is 7.15. The number of hydrogen-bond donors (Lipinski definition) is 0. The van der Waals surface area contributed by atoms with E-state index in [4.69, 9.17) is 4.52 Å². The summed E-state index contributed by atoms with van der Waals surface area (Å²) in [5, 5.41) is 5.97. The summed E-state index contributed by atoms with van der Waals surface area (Å²) in [6.45, 7) is 1.00. The van der Waals surface area contributed by atoms with E-state index in [9.17, 15) is 13.6 Å². The van der Waals surface area contributed by atoms with Crippen LogP contribution < -0.4 is 0 Å². The lowest BCUT2D eigenvalue weighted by Gasteiger charge is -2.13. The average Bonchev–Trinajstić information content (AvgIpc) is 3.40. The Bertz CT molecular complexity index is 985. The van der Waals surface area contributed by atoms with E-state index < -0.39 is 11.6 Å². The zero-order valence-electron chi connectivity index (χ0n) is 14.1. The van der Waals surface area contributed by atoms with E-state index in [2.05, 4.69) is 10.1 Å². The van der Waals surface area contributed by atoms with Gasteiger partial charge in [-0.3, -0.25) is 4.79 Å².